The highest BCUT2D eigenvalue weighted by atomic mass is 16.5. The molecule has 114 valence electrons. The average molecular weight is 291 g/mol. The molecule has 1 aromatic heterocycles. The zero-order valence-corrected chi connectivity index (χ0v) is 12.8. The van der Waals surface area contributed by atoms with E-state index < -0.39 is 0 Å². The predicted molar refractivity (Wildman–Crippen MR) is 80.3 cm³/mol. The summed E-state index contributed by atoms with van der Waals surface area (Å²) in [6, 6.07) is 5.55. The molecule has 0 saturated heterocycles. The van der Waals surface area contributed by atoms with Gasteiger partial charge in [-0.15, -0.1) is 0 Å². The highest BCUT2D eigenvalue weighted by Gasteiger charge is 2.24. The summed E-state index contributed by atoms with van der Waals surface area (Å²) >= 11 is 0. The number of ether oxygens (including phenoxy) is 3. The van der Waals surface area contributed by atoms with Crippen molar-refractivity contribution in [2.75, 3.05) is 27.9 Å². The third kappa shape index (κ3) is 3.13. The second-order valence-corrected chi connectivity index (χ2v) is 4.49. The van der Waals surface area contributed by atoms with E-state index in [4.69, 9.17) is 18.6 Å². The Morgan fingerprint density at radius 3 is 2.19 bits per heavy atom. The summed E-state index contributed by atoms with van der Waals surface area (Å²) in [6.07, 6.45) is 3.37. The Hall–Kier alpha value is -2.14. The van der Waals surface area contributed by atoms with E-state index >= 15 is 0 Å². The molecule has 0 aliphatic rings. The van der Waals surface area contributed by atoms with Gasteiger partial charge in [-0.2, -0.15) is 0 Å². The van der Waals surface area contributed by atoms with Gasteiger partial charge < -0.3 is 23.9 Å². The fourth-order valence-electron chi connectivity index (χ4n) is 2.35. The van der Waals surface area contributed by atoms with E-state index in [-0.39, 0.29) is 6.04 Å². The zero-order chi connectivity index (χ0) is 15.2. The van der Waals surface area contributed by atoms with E-state index in [0.717, 1.165) is 17.7 Å². The van der Waals surface area contributed by atoms with Crippen molar-refractivity contribution in [2.24, 2.45) is 0 Å². The second kappa shape index (κ2) is 7.04. The topological polar surface area (TPSA) is 52.9 Å². The van der Waals surface area contributed by atoms with Gasteiger partial charge >= 0.3 is 0 Å². The summed E-state index contributed by atoms with van der Waals surface area (Å²) in [4.78, 5) is 0. The first kappa shape index (κ1) is 15.3. The monoisotopic (exact) mass is 291 g/mol. The number of hydrogen-bond acceptors (Lipinski definition) is 5. The van der Waals surface area contributed by atoms with Gasteiger partial charge in [-0.25, -0.2) is 0 Å². The van der Waals surface area contributed by atoms with Crippen molar-refractivity contribution in [3.05, 3.63) is 41.9 Å². The minimum Gasteiger partial charge on any atom is -0.496 e. The Labute approximate surface area is 124 Å². The molecule has 2 rings (SSSR count). The number of rotatable bonds is 7. The van der Waals surface area contributed by atoms with E-state index in [0.29, 0.717) is 17.2 Å². The van der Waals surface area contributed by atoms with Crippen molar-refractivity contribution in [2.45, 2.75) is 13.0 Å². The Kier molecular flexibility index (Phi) is 5.11. The normalized spacial score (nSPS) is 12.0. The molecule has 1 aromatic carbocycles. The number of furan rings is 1. The van der Waals surface area contributed by atoms with E-state index in [9.17, 15) is 0 Å². The number of benzene rings is 1. The summed E-state index contributed by atoms with van der Waals surface area (Å²) < 4.78 is 21.5. The Morgan fingerprint density at radius 1 is 1.10 bits per heavy atom. The van der Waals surface area contributed by atoms with E-state index in [1.165, 1.54) is 0 Å². The second-order valence-electron chi connectivity index (χ2n) is 4.49. The number of hydrogen-bond donors (Lipinski definition) is 1. The minimum absolute atomic E-state index is 0.0791. The fourth-order valence-corrected chi connectivity index (χ4v) is 2.35. The van der Waals surface area contributed by atoms with Crippen LogP contribution in [0.3, 0.4) is 0 Å². The number of methoxy groups -OCH3 is 3. The van der Waals surface area contributed by atoms with Gasteiger partial charge in [-0.3, -0.25) is 0 Å². The molecule has 0 bridgehead atoms. The van der Waals surface area contributed by atoms with Gasteiger partial charge in [0.05, 0.1) is 45.5 Å². The van der Waals surface area contributed by atoms with E-state index in [2.05, 4.69) is 12.2 Å². The quantitative estimate of drug-likeness (QED) is 0.850. The van der Waals surface area contributed by atoms with Crippen molar-refractivity contribution in [3.8, 4) is 17.2 Å². The van der Waals surface area contributed by atoms with E-state index in [1.807, 2.05) is 18.2 Å². The van der Waals surface area contributed by atoms with Crippen molar-refractivity contribution in [3.63, 3.8) is 0 Å². The van der Waals surface area contributed by atoms with Crippen LogP contribution in [-0.4, -0.2) is 27.9 Å². The van der Waals surface area contributed by atoms with Crippen LogP contribution in [0.25, 0.3) is 0 Å². The smallest absolute Gasteiger partial charge is 0.131 e. The molecule has 0 amide bonds. The zero-order valence-electron chi connectivity index (χ0n) is 12.8. The molecule has 1 atom stereocenters. The Bertz CT molecular complexity index is 541. The van der Waals surface area contributed by atoms with Crippen LogP contribution < -0.4 is 19.5 Å². The van der Waals surface area contributed by atoms with Gasteiger partial charge in [0.25, 0.3) is 0 Å². The molecule has 1 unspecified atom stereocenters. The maximum atomic E-state index is 5.53. The summed E-state index contributed by atoms with van der Waals surface area (Å²) in [5, 5.41) is 3.43. The molecule has 1 heterocycles. The van der Waals surface area contributed by atoms with Crippen LogP contribution in [0.15, 0.2) is 35.1 Å². The number of nitrogens with one attached hydrogen (secondary N) is 1. The molecule has 2 aromatic rings. The molecular weight excluding hydrogens is 270 g/mol. The van der Waals surface area contributed by atoms with Gasteiger partial charge in [-0.1, -0.05) is 6.92 Å². The van der Waals surface area contributed by atoms with Gasteiger partial charge in [-0.05, 0) is 12.6 Å². The predicted octanol–water partition coefficient (Wildman–Crippen LogP) is 3.00. The lowest BCUT2D eigenvalue weighted by Crippen LogP contribution is -2.22. The minimum atomic E-state index is -0.0791. The van der Waals surface area contributed by atoms with Crippen LogP contribution in [-0.2, 0) is 0 Å². The van der Waals surface area contributed by atoms with Crippen molar-refractivity contribution in [1.82, 2.24) is 5.32 Å². The molecule has 1 N–H and O–H groups in total. The molecule has 5 nitrogen and oxygen atoms in total. The van der Waals surface area contributed by atoms with Crippen LogP contribution in [0.1, 0.15) is 24.1 Å². The molecule has 0 fully saturated rings. The molecule has 0 aliphatic heterocycles. The molecular formula is C16H21NO4. The van der Waals surface area contributed by atoms with Crippen LogP contribution in [0.5, 0.6) is 17.2 Å². The molecule has 0 radical (unpaired) electrons. The molecule has 0 saturated carbocycles. The highest BCUT2D eigenvalue weighted by molar-refractivity contribution is 5.54. The third-order valence-corrected chi connectivity index (χ3v) is 3.33. The average Bonchev–Trinajstić information content (AvgIpc) is 3.05. The van der Waals surface area contributed by atoms with Crippen LogP contribution in [0.2, 0.25) is 0 Å². The van der Waals surface area contributed by atoms with Gasteiger partial charge in [0.1, 0.15) is 17.2 Å². The summed E-state index contributed by atoms with van der Waals surface area (Å²) in [7, 11) is 4.89. The maximum Gasteiger partial charge on any atom is 0.131 e. The summed E-state index contributed by atoms with van der Waals surface area (Å²) in [5.74, 6) is 2.10. The van der Waals surface area contributed by atoms with Gasteiger partial charge in [0.2, 0.25) is 0 Å². The Morgan fingerprint density at radius 2 is 1.76 bits per heavy atom. The molecule has 5 heteroatoms. The lowest BCUT2D eigenvalue weighted by molar-refractivity contribution is 0.362. The van der Waals surface area contributed by atoms with Gasteiger partial charge in [0.15, 0.2) is 0 Å². The van der Waals surface area contributed by atoms with Gasteiger partial charge in [0, 0.05) is 17.7 Å². The fraction of sp³-hybridized carbons (Fsp3) is 0.375. The molecule has 0 spiro atoms. The van der Waals surface area contributed by atoms with E-state index in [1.54, 1.807) is 33.9 Å². The SMILES string of the molecule is CCNC(c1ccoc1)c1c(OC)cc(OC)cc1OC. The molecule has 21 heavy (non-hydrogen) atoms. The standard InChI is InChI=1S/C16H21NO4/c1-5-17-16(11-6-7-21-10-11)15-13(19-3)8-12(18-2)9-14(15)20-4/h6-10,16-17H,5H2,1-4H3. The van der Waals surface area contributed by atoms with Crippen molar-refractivity contribution < 1.29 is 18.6 Å². The van der Waals surface area contributed by atoms with Crippen molar-refractivity contribution >= 4 is 0 Å². The third-order valence-electron chi connectivity index (χ3n) is 3.33. The van der Waals surface area contributed by atoms with Crippen LogP contribution in [0.4, 0.5) is 0 Å². The Balaban J connectivity index is 2.57. The lowest BCUT2D eigenvalue weighted by Gasteiger charge is -2.22. The maximum absolute atomic E-state index is 5.53. The van der Waals surface area contributed by atoms with Crippen LogP contribution >= 0.6 is 0 Å². The summed E-state index contributed by atoms with van der Waals surface area (Å²) in [5.41, 5.74) is 1.93. The summed E-state index contributed by atoms with van der Waals surface area (Å²) in [6.45, 7) is 2.85. The lowest BCUT2D eigenvalue weighted by atomic mass is 9.98. The van der Waals surface area contributed by atoms with Crippen LogP contribution in [0, 0.1) is 0 Å². The first-order valence-electron chi connectivity index (χ1n) is 6.80. The molecule has 0 aliphatic carbocycles. The first-order valence-corrected chi connectivity index (χ1v) is 6.80. The largest absolute Gasteiger partial charge is 0.496 e. The highest BCUT2D eigenvalue weighted by Crippen LogP contribution is 2.40. The van der Waals surface area contributed by atoms with Crippen molar-refractivity contribution in [1.29, 1.82) is 0 Å². The first-order chi connectivity index (χ1) is 10.2.